The number of likely N-dealkylation sites (tertiary alicyclic amines) is 2. The van der Waals surface area contributed by atoms with E-state index < -0.39 is 5.60 Å². The first-order valence-electron chi connectivity index (χ1n) is 14.4. The Hall–Kier alpha value is -4.10. The van der Waals surface area contributed by atoms with Gasteiger partial charge in [-0.1, -0.05) is 24.3 Å². The number of rotatable bonds is 7. The molecular weight excluding hydrogens is 522 g/mol. The molecule has 0 saturated carbocycles. The standard InChI is InChI=1S/C31H37N5O5/c1-2-40-29(38)35-15-11-27(12-16-35)33-28(37)26-9-7-25(8-10-26)21-36-22-31(41-30(36)39)13-17-34(18-14-31)20-24-5-3-23(19-32)4-6-24/h3-10,27H,2,11-18,20-22H2,1H3,(H,33,37). The SMILES string of the molecule is CCOC(=O)N1CCC(NC(=O)c2ccc(CN3CC4(CCN(Cc5ccc(C#N)cc5)CC4)OC3=O)cc2)CC1. The van der Waals surface area contributed by atoms with Crippen LogP contribution in [0.15, 0.2) is 48.5 Å². The minimum Gasteiger partial charge on any atom is -0.450 e. The minimum absolute atomic E-state index is 0.0129. The van der Waals surface area contributed by atoms with Crippen molar-refractivity contribution in [2.24, 2.45) is 0 Å². The fourth-order valence-corrected chi connectivity index (χ4v) is 5.81. The number of nitrogens with zero attached hydrogens (tertiary/aromatic N) is 4. The second-order valence-electron chi connectivity index (χ2n) is 11.1. The molecule has 41 heavy (non-hydrogen) atoms. The molecule has 10 nitrogen and oxygen atoms in total. The number of hydrogen-bond acceptors (Lipinski definition) is 7. The molecule has 0 unspecified atom stereocenters. The van der Waals surface area contributed by atoms with Gasteiger partial charge >= 0.3 is 12.2 Å². The molecule has 1 N–H and O–H groups in total. The number of piperidine rings is 2. The lowest BCUT2D eigenvalue weighted by atomic mass is 9.91. The molecule has 0 aromatic heterocycles. The molecule has 3 saturated heterocycles. The summed E-state index contributed by atoms with van der Waals surface area (Å²) in [5, 5.41) is 12.1. The first kappa shape index (κ1) is 28.4. The fourth-order valence-electron chi connectivity index (χ4n) is 5.81. The summed E-state index contributed by atoms with van der Waals surface area (Å²) in [5.41, 5.74) is 2.88. The van der Waals surface area contributed by atoms with Gasteiger partial charge in [0.1, 0.15) is 5.60 Å². The highest BCUT2D eigenvalue weighted by Crippen LogP contribution is 2.34. The quantitative estimate of drug-likeness (QED) is 0.547. The number of nitriles is 1. The van der Waals surface area contributed by atoms with E-state index in [0.29, 0.717) is 56.8 Å². The average molecular weight is 560 g/mol. The van der Waals surface area contributed by atoms with Crippen LogP contribution in [0.3, 0.4) is 0 Å². The summed E-state index contributed by atoms with van der Waals surface area (Å²) in [6.07, 6.45) is 2.35. The van der Waals surface area contributed by atoms with Crippen molar-refractivity contribution in [3.63, 3.8) is 0 Å². The highest BCUT2D eigenvalue weighted by atomic mass is 16.6. The van der Waals surface area contributed by atoms with Gasteiger partial charge in [-0.25, -0.2) is 9.59 Å². The number of carbonyl (C=O) groups excluding carboxylic acids is 3. The largest absolute Gasteiger partial charge is 0.450 e. The molecule has 3 amide bonds. The van der Waals surface area contributed by atoms with E-state index >= 15 is 0 Å². The Kier molecular flexibility index (Phi) is 8.74. The van der Waals surface area contributed by atoms with Crippen molar-refractivity contribution in [2.75, 3.05) is 39.3 Å². The van der Waals surface area contributed by atoms with Gasteiger partial charge in [-0.15, -0.1) is 0 Å². The molecule has 1 spiro atoms. The summed E-state index contributed by atoms with van der Waals surface area (Å²) < 4.78 is 11.0. The summed E-state index contributed by atoms with van der Waals surface area (Å²) in [5.74, 6) is -0.140. The molecule has 0 atom stereocenters. The third kappa shape index (κ3) is 6.98. The van der Waals surface area contributed by atoms with Gasteiger partial charge in [0.05, 0.1) is 24.8 Å². The van der Waals surface area contributed by atoms with Crippen LogP contribution in [-0.4, -0.2) is 83.8 Å². The highest BCUT2D eigenvalue weighted by molar-refractivity contribution is 5.94. The Labute approximate surface area is 240 Å². The van der Waals surface area contributed by atoms with Gasteiger partial charge in [-0.2, -0.15) is 5.26 Å². The zero-order chi connectivity index (χ0) is 28.8. The second kappa shape index (κ2) is 12.6. The molecule has 216 valence electrons. The summed E-state index contributed by atoms with van der Waals surface area (Å²) in [4.78, 5) is 43.2. The predicted octanol–water partition coefficient (Wildman–Crippen LogP) is 3.90. The zero-order valence-corrected chi connectivity index (χ0v) is 23.5. The summed E-state index contributed by atoms with van der Waals surface area (Å²) in [7, 11) is 0. The predicted molar refractivity (Wildman–Crippen MR) is 151 cm³/mol. The van der Waals surface area contributed by atoms with Gasteiger partial charge in [0.2, 0.25) is 0 Å². The van der Waals surface area contributed by atoms with Crippen LogP contribution in [-0.2, 0) is 22.6 Å². The van der Waals surface area contributed by atoms with Gasteiger partial charge in [0, 0.05) is 63.7 Å². The van der Waals surface area contributed by atoms with Gasteiger partial charge < -0.3 is 19.7 Å². The Bertz CT molecular complexity index is 1270. The molecule has 3 aliphatic heterocycles. The Morgan fingerprint density at radius 3 is 2.27 bits per heavy atom. The van der Waals surface area contributed by atoms with Gasteiger partial charge in [-0.3, -0.25) is 14.6 Å². The van der Waals surface area contributed by atoms with Crippen LogP contribution in [0.25, 0.3) is 0 Å². The normalized spacial score (nSPS) is 19.1. The van der Waals surface area contributed by atoms with Crippen molar-refractivity contribution < 1.29 is 23.9 Å². The van der Waals surface area contributed by atoms with Crippen molar-refractivity contribution in [3.8, 4) is 6.07 Å². The third-order valence-corrected chi connectivity index (χ3v) is 8.24. The summed E-state index contributed by atoms with van der Waals surface area (Å²) in [6.45, 7) is 6.75. The molecular formula is C31H37N5O5. The summed E-state index contributed by atoms with van der Waals surface area (Å²) in [6, 6.07) is 17.2. The van der Waals surface area contributed by atoms with E-state index in [2.05, 4.69) is 16.3 Å². The van der Waals surface area contributed by atoms with E-state index in [-0.39, 0.29) is 24.1 Å². The molecule has 3 heterocycles. The lowest BCUT2D eigenvalue weighted by Gasteiger charge is -2.37. The van der Waals surface area contributed by atoms with Crippen LogP contribution in [0.2, 0.25) is 0 Å². The molecule has 2 aromatic rings. The molecule has 5 rings (SSSR count). The van der Waals surface area contributed by atoms with Crippen LogP contribution < -0.4 is 5.32 Å². The van der Waals surface area contributed by atoms with Crippen LogP contribution in [0.5, 0.6) is 0 Å². The van der Waals surface area contributed by atoms with Crippen molar-refractivity contribution >= 4 is 18.1 Å². The zero-order valence-electron chi connectivity index (χ0n) is 23.5. The maximum Gasteiger partial charge on any atom is 0.410 e. The first-order valence-corrected chi connectivity index (χ1v) is 14.4. The number of carbonyl (C=O) groups is 3. The topological polar surface area (TPSA) is 115 Å². The number of amides is 3. The Balaban J connectivity index is 1.07. The van der Waals surface area contributed by atoms with E-state index in [1.54, 1.807) is 28.9 Å². The van der Waals surface area contributed by atoms with Crippen LogP contribution >= 0.6 is 0 Å². The van der Waals surface area contributed by atoms with E-state index in [9.17, 15) is 14.4 Å². The monoisotopic (exact) mass is 559 g/mol. The molecule has 3 fully saturated rings. The van der Waals surface area contributed by atoms with Crippen molar-refractivity contribution in [1.82, 2.24) is 20.0 Å². The number of benzene rings is 2. The highest BCUT2D eigenvalue weighted by Gasteiger charge is 2.46. The van der Waals surface area contributed by atoms with Crippen LogP contribution in [0.1, 0.15) is 59.7 Å². The fraction of sp³-hybridized carbons (Fsp3) is 0.484. The third-order valence-electron chi connectivity index (χ3n) is 8.24. The maximum absolute atomic E-state index is 12.8. The summed E-state index contributed by atoms with van der Waals surface area (Å²) >= 11 is 0. The Morgan fingerprint density at radius 2 is 1.63 bits per heavy atom. The minimum atomic E-state index is -0.457. The molecule has 3 aliphatic rings. The molecule has 0 bridgehead atoms. The van der Waals surface area contributed by atoms with Gasteiger partial charge in [-0.05, 0) is 55.2 Å². The lowest BCUT2D eigenvalue weighted by Crippen LogP contribution is -2.46. The van der Waals surface area contributed by atoms with Gasteiger partial charge in [0.15, 0.2) is 0 Å². The van der Waals surface area contributed by atoms with Crippen LogP contribution in [0, 0.1) is 11.3 Å². The average Bonchev–Trinajstić information content (AvgIpc) is 3.29. The number of nitrogens with one attached hydrogen (secondary N) is 1. The number of hydrogen-bond donors (Lipinski definition) is 1. The van der Waals surface area contributed by atoms with Crippen molar-refractivity contribution in [1.29, 1.82) is 5.26 Å². The molecule has 10 heteroatoms. The molecule has 0 aliphatic carbocycles. The smallest absolute Gasteiger partial charge is 0.410 e. The van der Waals surface area contributed by atoms with E-state index in [1.807, 2.05) is 36.4 Å². The second-order valence-corrected chi connectivity index (χ2v) is 11.1. The number of ether oxygens (including phenoxy) is 2. The van der Waals surface area contributed by atoms with Gasteiger partial charge in [0.25, 0.3) is 5.91 Å². The molecule has 2 aromatic carbocycles. The van der Waals surface area contributed by atoms with E-state index in [4.69, 9.17) is 14.7 Å². The lowest BCUT2D eigenvalue weighted by molar-refractivity contribution is -0.00126. The molecule has 0 radical (unpaired) electrons. The maximum atomic E-state index is 12.8. The van der Waals surface area contributed by atoms with Crippen molar-refractivity contribution in [3.05, 3.63) is 70.8 Å². The van der Waals surface area contributed by atoms with E-state index in [0.717, 1.165) is 38.0 Å². The van der Waals surface area contributed by atoms with Crippen molar-refractivity contribution in [2.45, 2.75) is 57.3 Å². The Morgan fingerprint density at radius 1 is 1.00 bits per heavy atom. The van der Waals surface area contributed by atoms with Crippen LogP contribution in [0.4, 0.5) is 9.59 Å². The van der Waals surface area contributed by atoms with E-state index in [1.165, 1.54) is 5.56 Å². The first-order chi connectivity index (χ1) is 19.9.